The molecule has 0 saturated carbocycles. The maximum absolute atomic E-state index is 11.9. The molecule has 1 saturated heterocycles. The first-order valence-corrected chi connectivity index (χ1v) is 7.52. The van der Waals surface area contributed by atoms with Gasteiger partial charge >= 0.3 is 5.97 Å². The minimum atomic E-state index is -0.168. The summed E-state index contributed by atoms with van der Waals surface area (Å²) in [6, 6.07) is 0.212. The van der Waals surface area contributed by atoms with Crippen LogP contribution in [-0.2, 0) is 14.3 Å². The highest BCUT2D eigenvalue weighted by Gasteiger charge is 2.29. The Balaban J connectivity index is 2.24. The zero-order chi connectivity index (χ0) is 15.1. The zero-order valence-electron chi connectivity index (χ0n) is 13.1. The van der Waals surface area contributed by atoms with E-state index in [0.29, 0.717) is 19.0 Å². The van der Waals surface area contributed by atoms with Crippen LogP contribution in [0.4, 0.5) is 0 Å². The van der Waals surface area contributed by atoms with Crippen LogP contribution in [0, 0.1) is 11.8 Å². The fourth-order valence-corrected chi connectivity index (χ4v) is 2.51. The summed E-state index contributed by atoms with van der Waals surface area (Å²) in [6.07, 6.45) is 2.91. The molecule has 1 rings (SSSR count). The lowest BCUT2D eigenvalue weighted by Crippen LogP contribution is -2.40. The van der Waals surface area contributed by atoms with Crippen LogP contribution in [0.2, 0.25) is 0 Å². The number of ether oxygens (including phenoxy) is 1. The van der Waals surface area contributed by atoms with Crippen LogP contribution in [0.1, 0.15) is 40.0 Å². The van der Waals surface area contributed by atoms with Gasteiger partial charge in [0.25, 0.3) is 0 Å². The van der Waals surface area contributed by atoms with Gasteiger partial charge in [-0.3, -0.25) is 14.5 Å². The van der Waals surface area contributed by atoms with Crippen LogP contribution in [0.3, 0.4) is 0 Å². The summed E-state index contributed by atoms with van der Waals surface area (Å²) in [6.45, 7) is 8.20. The molecule has 1 N–H and O–H groups in total. The molecule has 5 nitrogen and oxygen atoms in total. The van der Waals surface area contributed by atoms with Gasteiger partial charge < -0.3 is 10.1 Å². The number of rotatable bonds is 7. The molecule has 1 aliphatic rings. The number of hydrogen-bond acceptors (Lipinski definition) is 4. The van der Waals surface area contributed by atoms with Crippen LogP contribution in [0.25, 0.3) is 0 Å². The van der Waals surface area contributed by atoms with Gasteiger partial charge in [-0.1, -0.05) is 13.8 Å². The first kappa shape index (κ1) is 17.0. The van der Waals surface area contributed by atoms with Gasteiger partial charge in [-0.05, 0) is 38.6 Å². The summed E-state index contributed by atoms with van der Waals surface area (Å²) in [7, 11) is 1.41. The molecule has 0 aromatic carbocycles. The number of esters is 1. The molecule has 1 heterocycles. The first-order valence-electron chi connectivity index (χ1n) is 7.52. The number of amides is 1. The molecule has 116 valence electrons. The van der Waals surface area contributed by atoms with Crippen molar-refractivity contribution in [1.29, 1.82) is 0 Å². The molecule has 0 radical (unpaired) electrons. The summed E-state index contributed by atoms with van der Waals surface area (Å²) in [5.41, 5.74) is 0. The number of carbonyl (C=O) groups is 2. The van der Waals surface area contributed by atoms with E-state index in [1.54, 1.807) is 0 Å². The highest BCUT2D eigenvalue weighted by molar-refractivity contribution is 5.78. The Kier molecular flexibility index (Phi) is 6.99. The molecule has 1 fully saturated rings. The Hall–Kier alpha value is -1.10. The fraction of sp³-hybridized carbons (Fsp3) is 0.867. The Morgan fingerprint density at radius 1 is 1.30 bits per heavy atom. The first-order chi connectivity index (χ1) is 9.42. The molecule has 1 aliphatic heterocycles. The highest BCUT2D eigenvalue weighted by atomic mass is 16.5. The third-order valence-corrected chi connectivity index (χ3v) is 3.76. The summed E-state index contributed by atoms with van der Waals surface area (Å²) >= 11 is 0. The molecule has 20 heavy (non-hydrogen) atoms. The van der Waals surface area contributed by atoms with Crippen molar-refractivity contribution in [3.05, 3.63) is 0 Å². The summed E-state index contributed by atoms with van der Waals surface area (Å²) in [5, 5.41) is 3.02. The van der Waals surface area contributed by atoms with Crippen molar-refractivity contribution in [3.63, 3.8) is 0 Å². The zero-order valence-corrected chi connectivity index (χ0v) is 13.1. The predicted molar refractivity (Wildman–Crippen MR) is 78.2 cm³/mol. The number of carbonyl (C=O) groups excluding carboxylic acids is 2. The van der Waals surface area contributed by atoms with Crippen molar-refractivity contribution in [3.8, 4) is 0 Å². The standard InChI is InChI=1S/C15H28N2O3/c1-11(2)5-6-12(3)16-14(18)10-17-8-7-13(9-17)15(19)20-4/h11-13H,5-10H2,1-4H3,(H,16,18). The normalized spacial score (nSPS) is 20.9. The lowest BCUT2D eigenvalue weighted by molar-refractivity contribution is -0.145. The maximum Gasteiger partial charge on any atom is 0.310 e. The third kappa shape index (κ3) is 5.90. The van der Waals surface area contributed by atoms with E-state index in [9.17, 15) is 9.59 Å². The van der Waals surface area contributed by atoms with Gasteiger partial charge in [0, 0.05) is 12.6 Å². The van der Waals surface area contributed by atoms with Crippen molar-refractivity contribution in [1.82, 2.24) is 10.2 Å². The van der Waals surface area contributed by atoms with Crippen LogP contribution in [0.15, 0.2) is 0 Å². The second-order valence-electron chi connectivity index (χ2n) is 6.18. The number of likely N-dealkylation sites (tertiary alicyclic amines) is 1. The molecular formula is C15H28N2O3. The van der Waals surface area contributed by atoms with E-state index < -0.39 is 0 Å². The highest BCUT2D eigenvalue weighted by Crippen LogP contribution is 2.17. The molecule has 0 aliphatic carbocycles. The molecule has 0 aromatic heterocycles. The van der Waals surface area contributed by atoms with Gasteiger partial charge in [-0.25, -0.2) is 0 Å². The average Bonchev–Trinajstić information content (AvgIpc) is 2.83. The van der Waals surface area contributed by atoms with Gasteiger partial charge in [-0.2, -0.15) is 0 Å². The molecule has 5 heteroatoms. The van der Waals surface area contributed by atoms with Gasteiger partial charge in [0.2, 0.25) is 5.91 Å². The van der Waals surface area contributed by atoms with Gasteiger partial charge in [-0.15, -0.1) is 0 Å². The molecular weight excluding hydrogens is 256 g/mol. The monoisotopic (exact) mass is 284 g/mol. The van der Waals surface area contributed by atoms with E-state index in [1.807, 2.05) is 11.8 Å². The topological polar surface area (TPSA) is 58.6 Å². The van der Waals surface area contributed by atoms with Gasteiger partial charge in [0.1, 0.15) is 0 Å². The van der Waals surface area contributed by atoms with E-state index in [0.717, 1.165) is 25.8 Å². The molecule has 2 atom stereocenters. The van der Waals surface area contributed by atoms with E-state index in [1.165, 1.54) is 7.11 Å². The Labute approximate surface area is 122 Å². The van der Waals surface area contributed by atoms with Crippen LogP contribution in [0.5, 0.6) is 0 Å². The Morgan fingerprint density at radius 3 is 2.60 bits per heavy atom. The second kappa shape index (κ2) is 8.25. The minimum absolute atomic E-state index is 0.0479. The van der Waals surface area contributed by atoms with Crippen LogP contribution >= 0.6 is 0 Å². The maximum atomic E-state index is 11.9. The quantitative estimate of drug-likeness (QED) is 0.718. The molecule has 0 bridgehead atoms. The van der Waals surface area contributed by atoms with Gasteiger partial charge in [0.15, 0.2) is 0 Å². The minimum Gasteiger partial charge on any atom is -0.469 e. The lowest BCUT2D eigenvalue weighted by Gasteiger charge is -2.19. The number of hydrogen-bond donors (Lipinski definition) is 1. The van der Waals surface area contributed by atoms with E-state index in [-0.39, 0.29) is 23.8 Å². The average molecular weight is 284 g/mol. The van der Waals surface area contributed by atoms with Crippen LogP contribution < -0.4 is 5.32 Å². The molecule has 0 aromatic rings. The lowest BCUT2D eigenvalue weighted by atomic mass is 10.0. The van der Waals surface area contributed by atoms with E-state index in [4.69, 9.17) is 4.74 Å². The van der Waals surface area contributed by atoms with E-state index >= 15 is 0 Å². The molecule has 1 amide bonds. The van der Waals surface area contributed by atoms with Gasteiger partial charge in [0.05, 0.1) is 19.6 Å². The summed E-state index contributed by atoms with van der Waals surface area (Å²) < 4.78 is 4.74. The molecule has 2 unspecified atom stereocenters. The third-order valence-electron chi connectivity index (χ3n) is 3.76. The number of nitrogens with zero attached hydrogens (tertiary/aromatic N) is 1. The smallest absolute Gasteiger partial charge is 0.310 e. The largest absolute Gasteiger partial charge is 0.469 e. The Morgan fingerprint density at radius 2 is 2.00 bits per heavy atom. The van der Waals surface area contributed by atoms with Crippen molar-refractivity contribution in [2.75, 3.05) is 26.7 Å². The SMILES string of the molecule is COC(=O)C1CCN(CC(=O)NC(C)CCC(C)C)C1. The summed E-state index contributed by atoms with van der Waals surface area (Å²) in [5.74, 6) is 0.463. The number of methoxy groups -OCH3 is 1. The van der Waals surface area contributed by atoms with Crippen molar-refractivity contribution in [2.45, 2.75) is 46.1 Å². The Bertz CT molecular complexity index is 331. The van der Waals surface area contributed by atoms with Crippen molar-refractivity contribution >= 4 is 11.9 Å². The number of nitrogens with one attached hydrogen (secondary N) is 1. The van der Waals surface area contributed by atoms with E-state index in [2.05, 4.69) is 19.2 Å². The predicted octanol–water partition coefficient (Wildman–Crippen LogP) is 1.42. The van der Waals surface area contributed by atoms with Crippen molar-refractivity contribution in [2.24, 2.45) is 11.8 Å². The second-order valence-corrected chi connectivity index (χ2v) is 6.18. The fourth-order valence-electron chi connectivity index (χ4n) is 2.51. The summed E-state index contributed by atoms with van der Waals surface area (Å²) in [4.78, 5) is 25.4. The van der Waals surface area contributed by atoms with Crippen molar-refractivity contribution < 1.29 is 14.3 Å². The van der Waals surface area contributed by atoms with Crippen LogP contribution in [-0.4, -0.2) is 49.6 Å². The molecule has 0 spiro atoms.